The number of nitrogens with zero attached hydrogens (tertiary/aromatic N) is 1. The molecule has 0 saturated heterocycles. The maximum atomic E-state index is 12.1. The number of hydrogen-bond acceptors (Lipinski definition) is 3. The number of carbonyl (C=O) groups is 1. The molecule has 0 fully saturated rings. The van der Waals surface area contributed by atoms with Gasteiger partial charge >= 0.3 is 0 Å². The van der Waals surface area contributed by atoms with E-state index in [0.29, 0.717) is 17.2 Å². The normalized spacial score (nSPS) is 12.6. The molecular formula is C14H22N2O2. The zero-order chi connectivity index (χ0) is 13.7. The third kappa shape index (κ3) is 4.11. The lowest BCUT2D eigenvalue weighted by molar-refractivity contribution is 0.0907. The summed E-state index contributed by atoms with van der Waals surface area (Å²) in [6, 6.07) is 3.40. The Morgan fingerprint density at radius 3 is 2.56 bits per heavy atom. The van der Waals surface area contributed by atoms with E-state index >= 15 is 0 Å². The van der Waals surface area contributed by atoms with Gasteiger partial charge in [0.15, 0.2) is 0 Å². The molecule has 0 bridgehead atoms. The number of aromatic nitrogens is 1. The van der Waals surface area contributed by atoms with Crippen molar-refractivity contribution in [2.45, 2.75) is 40.2 Å². The van der Waals surface area contributed by atoms with E-state index in [4.69, 9.17) is 0 Å². The third-order valence-electron chi connectivity index (χ3n) is 2.78. The number of nitrogens with one attached hydrogen (secondary N) is 1. The van der Waals surface area contributed by atoms with Gasteiger partial charge in [-0.3, -0.25) is 9.78 Å². The number of aliphatic hydroxyl groups is 1. The van der Waals surface area contributed by atoms with Crippen LogP contribution in [0.1, 0.15) is 42.0 Å². The van der Waals surface area contributed by atoms with Gasteiger partial charge in [0.2, 0.25) is 0 Å². The van der Waals surface area contributed by atoms with Crippen molar-refractivity contribution in [3.05, 3.63) is 29.1 Å². The predicted molar refractivity (Wildman–Crippen MR) is 71.5 cm³/mol. The van der Waals surface area contributed by atoms with E-state index in [9.17, 15) is 9.90 Å². The second kappa shape index (κ2) is 6.50. The molecule has 1 aromatic heterocycles. The van der Waals surface area contributed by atoms with Crippen LogP contribution in [0.5, 0.6) is 0 Å². The van der Waals surface area contributed by atoms with E-state index < -0.39 is 0 Å². The molecule has 1 rings (SSSR count). The van der Waals surface area contributed by atoms with E-state index in [-0.39, 0.29) is 18.6 Å². The van der Waals surface area contributed by atoms with Crippen molar-refractivity contribution in [1.82, 2.24) is 10.3 Å². The van der Waals surface area contributed by atoms with Gasteiger partial charge in [0.05, 0.1) is 23.9 Å². The van der Waals surface area contributed by atoms with Crippen LogP contribution in [0.3, 0.4) is 0 Å². The van der Waals surface area contributed by atoms with Crippen LogP contribution in [0.2, 0.25) is 0 Å². The van der Waals surface area contributed by atoms with E-state index in [0.717, 1.165) is 12.1 Å². The average Bonchev–Trinajstić information content (AvgIpc) is 2.27. The van der Waals surface area contributed by atoms with Gasteiger partial charge in [0, 0.05) is 5.69 Å². The van der Waals surface area contributed by atoms with Gasteiger partial charge < -0.3 is 10.4 Å². The molecule has 1 atom stereocenters. The monoisotopic (exact) mass is 250 g/mol. The fraction of sp³-hybridized carbons (Fsp3) is 0.571. The lowest BCUT2D eigenvalue weighted by Gasteiger charge is -2.18. The van der Waals surface area contributed by atoms with Gasteiger partial charge in [-0.2, -0.15) is 0 Å². The minimum absolute atomic E-state index is 0.0394. The first-order chi connectivity index (χ1) is 8.43. The molecule has 4 heteroatoms. The zero-order valence-electron chi connectivity index (χ0n) is 11.5. The summed E-state index contributed by atoms with van der Waals surface area (Å²) < 4.78 is 0. The lowest BCUT2D eigenvalue weighted by Crippen LogP contribution is -2.38. The minimum Gasteiger partial charge on any atom is -0.394 e. The molecule has 4 nitrogen and oxygen atoms in total. The van der Waals surface area contributed by atoms with Crippen LogP contribution in [-0.4, -0.2) is 28.6 Å². The first-order valence-corrected chi connectivity index (χ1v) is 6.30. The van der Waals surface area contributed by atoms with Gasteiger partial charge in [0.1, 0.15) is 0 Å². The topological polar surface area (TPSA) is 62.2 Å². The van der Waals surface area contributed by atoms with Gasteiger partial charge in [-0.25, -0.2) is 0 Å². The Morgan fingerprint density at radius 2 is 2.06 bits per heavy atom. The Bertz CT molecular complexity index is 416. The van der Waals surface area contributed by atoms with Crippen molar-refractivity contribution >= 4 is 5.91 Å². The highest BCUT2D eigenvalue weighted by Crippen LogP contribution is 2.09. The summed E-state index contributed by atoms with van der Waals surface area (Å²) in [6.07, 6.45) is 0.764. The van der Waals surface area contributed by atoms with E-state index in [1.807, 2.05) is 19.9 Å². The van der Waals surface area contributed by atoms with Crippen molar-refractivity contribution in [3.63, 3.8) is 0 Å². The lowest BCUT2D eigenvalue weighted by atomic mass is 10.0. The van der Waals surface area contributed by atoms with Gasteiger partial charge in [-0.1, -0.05) is 13.8 Å². The second-order valence-corrected chi connectivity index (χ2v) is 5.07. The number of pyridine rings is 1. The summed E-state index contributed by atoms with van der Waals surface area (Å²) in [5.74, 6) is 0.263. The van der Waals surface area contributed by atoms with Crippen LogP contribution in [0.15, 0.2) is 12.1 Å². The van der Waals surface area contributed by atoms with Crippen LogP contribution in [0.4, 0.5) is 0 Å². The van der Waals surface area contributed by atoms with Gasteiger partial charge in [0.25, 0.3) is 5.91 Å². The van der Waals surface area contributed by atoms with Crippen LogP contribution in [-0.2, 0) is 0 Å². The molecule has 0 aliphatic rings. The minimum atomic E-state index is -0.196. The van der Waals surface area contributed by atoms with Crippen LogP contribution < -0.4 is 5.32 Å². The van der Waals surface area contributed by atoms with Crippen molar-refractivity contribution in [3.8, 4) is 0 Å². The SMILES string of the molecule is Cc1ccc(C(=O)NC(CO)CC(C)C)c(C)n1. The van der Waals surface area contributed by atoms with Crippen molar-refractivity contribution < 1.29 is 9.90 Å². The van der Waals surface area contributed by atoms with Crippen molar-refractivity contribution in [2.24, 2.45) is 5.92 Å². The Kier molecular flexibility index (Phi) is 5.28. The fourth-order valence-electron chi connectivity index (χ4n) is 1.94. The summed E-state index contributed by atoms with van der Waals surface area (Å²) in [7, 11) is 0. The molecule has 0 aliphatic heterocycles. The molecule has 1 aromatic rings. The maximum absolute atomic E-state index is 12.1. The summed E-state index contributed by atoms with van der Waals surface area (Å²) in [4.78, 5) is 16.3. The Morgan fingerprint density at radius 1 is 1.39 bits per heavy atom. The molecule has 0 saturated carbocycles. The van der Waals surface area contributed by atoms with Gasteiger partial charge in [-0.05, 0) is 38.3 Å². The smallest absolute Gasteiger partial charge is 0.253 e. The molecule has 0 aliphatic carbocycles. The molecule has 0 radical (unpaired) electrons. The third-order valence-corrected chi connectivity index (χ3v) is 2.78. The molecule has 0 aromatic carbocycles. The zero-order valence-corrected chi connectivity index (χ0v) is 11.5. The second-order valence-electron chi connectivity index (χ2n) is 5.07. The van der Waals surface area contributed by atoms with Crippen LogP contribution in [0, 0.1) is 19.8 Å². The number of amides is 1. The fourth-order valence-corrected chi connectivity index (χ4v) is 1.94. The summed E-state index contributed by atoms with van der Waals surface area (Å²) in [5.41, 5.74) is 2.18. The van der Waals surface area contributed by atoms with E-state index in [1.54, 1.807) is 6.07 Å². The van der Waals surface area contributed by atoms with E-state index in [2.05, 4.69) is 24.1 Å². The number of hydrogen-bond donors (Lipinski definition) is 2. The number of rotatable bonds is 5. The molecule has 2 N–H and O–H groups in total. The van der Waals surface area contributed by atoms with Crippen LogP contribution in [0.25, 0.3) is 0 Å². The largest absolute Gasteiger partial charge is 0.394 e. The number of carbonyl (C=O) groups excluding carboxylic acids is 1. The molecule has 0 spiro atoms. The highest BCUT2D eigenvalue weighted by atomic mass is 16.3. The Hall–Kier alpha value is -1.42. The highest BCUT2D eigenvalue weighted by molar-refractivity contribution is 5.95. The number of aryl methyl sites for hydroxylation is 2. The summed E-state index contributed by atoms with van der Waals surface area (Å²) >= 11 is 0. The van der Waals surface area contributed by atoms with Gasteiger partial charge in [-0.15, -0.1) is 0 Å². The highest BCUT2D eigenvalue weighted by Gasteiger charge is 2.16. The first-order valence-electron chi connectivity index (χ1n) is 6.30. The molecule has 1 unspecified atom stereocenters. The molecule has 18 heavy (non-hydrogen) atoms. The quantitative estimate of drug-likeness (QED) is 0.838. The number of aliphatic hydroxyl groups excluding tert-OH is 1. The van der Waals surface area contributed by atoms with Crippen molar-refractivity contribution in [2.75, 3.05) is 6.61 Å². The summed E-state index contributed by atoms with van der Waals surface area (Å²) in [6.45, 7) is 7.80. The molecule has 100 valence electrons. The molecule has 1 amide bonds. The van der Waals surface area contributed by atoms with Crippen molar-refractivity contribution in [1.29, 1.82) is 0 Å². The standard InChI is InChI=1S/C14H22N2O2/c1-9(2)7-12(8-17)16-14(18)13-6-5-10(3)15-11(13)4/h5-6,9,12,17H,7-8H2,1-4H3,(H,16,18). The van der Waals surface area contributed by atoms with Crippen LogP contribution >= 0.6 is 0 Å². The predicted octanol–water partition coefficient (Wildman–Crippen LogP) is 1.84. The Labute approximate surface area is 108 Å². The Balaban J connectivity index is 2.74. The molecular weight excluding hydrogens is 228 g/mol. The average molecular weight is 250 g/mol. The first kappa shape index (κ1) is 14.6. The molecule has 1 heterocycles. The van der Waals surface area contributed by atoms with E-state index in [1.165, 1.54) is 0 Å². The summed E-state index contributed by atoms with van der Waals surface area (Å²) in [5, 5.41) is 12.1. The maximum Gasteiger partial charge on any atom is 0.253 e.